The van der Waals surface area contributed by atoms with Crippen molar-refractivity contribution < 1.29 is 4.39 Å². The van der Waals surface area contributed by atoms with Gasteiger partial charge in [0.25, 0.3) is 5.56 Å². The SMILES string of the molecule is Cn1c(=O)cc(N2CC[C@H](Nc3nccc(-c4ccccc4F)n3)C2)[nH]c1=O. The summed E-state index contributed by atoms with van der Waals surface area (Å²) in [7, 11) is 1.43. The summed E-state index contributed by atoms with van der Waals surface area (Å²) in [6, 6.07) is 9.56. The Kier molecular flexibility index (Phi) is 4.64. The van der Waals surface area contributed by atoms with E-state index in [1.165, 1.54) is 19.2 Å². The van der Waals surface area contributed by atoms with E-state index in [0.29, 0.717) is 36.1 Å². The minimum Gasteiger partial charge on any atom is -0.356 e. The molecule has 0 saturated carbocycles. The molecule has 1 fully saturated rings. The summed E-state index contributed by atoms with van der Waals surface area (Å²) in [5.41, 5.74) is 0.121. The molecule has 28 heavy (non-hydrogen) atoms. The molecular formula is C19H19FN6O2. The average molecular weight is 382 g/mol. The van der Waals surface area contributed by atoms with Crippen LogP contribution in [0.2, 0.25) is 0 Å². The van der Waals surface area contributed by atoms with Gasteiger partial charge in [-0.15, -0.1) is 0 Å². The normalized spacial score (nSPS) is 16.4. The van der Waals surface area contributed by atoms with Gasteiger partial charge >= 0.3 is 5.69 Å². The van der Waals surface area contributed by atoms with E-state index in [9.17, 15) is 14.0 Å². The van der Waals surface area contributed by atoms with Gasteiger partial charge in [0.05, 0.1) is 5.69 Å². The van der Waals surface area contributed by atoms with Gasteiger partial charge in [-0.05, 0) is 24.6 Å². The van der Waals surface area contributed by atoms with Gasteiger partial charge in [0.1, 0.15) is 11.6 Å². The zero-order valence-corrected chi connectivity index (χ0v) is 15.2. The van der Waals surface area contributed by atoms with Gasteiger partial charge in [-0.25, -0.2) is 19.2 Å². The van der Waals surface area contributed by atoms with Crippen molar-refractivity contribution in [2.75, 3.05) is 23.3 Å². The maximum Gasteiger partial charge on any atom is 0.329 e. The second-order valence-electron chi connectivity index (χ2n) is 6.68. The number of rotatable bonds is 4. The molecule has 1 aromatic carbocycles. The molecule has 0 amide bonds. The first kappa shape index (κ1) is 17.9. The highest BCUT2D eigenvalue weighted by Crippen LogP contribution is 2.22. The Labute approximate surface area is 159 Å². The van der Waals surface area contributed by atoms with Crippen molar-refractivity contribution in [3.8, 4) is 11.3 Å². The van der Waals surface area contributed by atoms with Crippen LogP contribution in [0.15, 0.2) is 52.2 Å². The standard InChI is InChI=1S/C19H19FN6O2/c1-25-17(27)10-16(24-19(25)28)26-9-7-12(11-26)22-18-21-8-6-15(23-18)13-4-2-3-5-14(13)20/h2-6,8,10,12H,7,9,11H2,1H3,(H,24,28)(H,21,22,23)/t12-/m0/s1. The van der Waals surface area contributed by atoms with Crippen molar-refractivity contribution >= 4 is 11.8 Å². The summed E-state index contributed by atoms with van der Waals surface area (Å²) in [4.78, 5) is 36.9. The van der Waals surface area contributed by atoms with Crippen molar-refractivity contribution in [1.29, 1.82) is 0 Å². The van der Waals surface area contributed by atoms with Crippen molar-refractivity contribution in [3.63, 3.8) is 0 Å². The lowest BCUT2D eigenvalue weighted by Crippen LogP contribution is -2.35. The maximum absolute atomic E-state index is 14.0. The van der Waals surface area contributed by atoms with E-state index in [1.807, 2.05) is 4.90 Å². The van der Waals surface area contributed by atoms with E-state index in [1.54, 1.807) is 30.5 Å². The molecule has 2 aromatic heterocycles. The first-order chi connectivity index (χ1) is 13.5. The van der Waals surface area contributed by atoms with Gasteiger partial charge < -0.3 is 10.2 Å². The highest BCUT2D eigenvalue weighted by molar-refractivity contribution is 5.60. The largest absolute Gasteiger partial charge is 0.356 e. The van der Waals surface area contributed by atoms with Gasteiger partial charge in [0, 0.05) is 44.0 Å². The molecule has 144 valence electrons. The molecule has 1 aliphatic rings. The van der Waals surface area contributed by atoms with E-state index in [0.717, 1.165) is 11.0 Å². The summed E-state index contributed by atoms with van der Waals surface area (Å²) in [5, 5.41) is 3.25. The van der Waals surface area contributed by atoms with E-state index in [-0.39, 0.29) is 17.4 Å². The van der Waals surface area contributed by atoms with Gasteiger partial charge in [-0.3, -0.25) is 14.3 Å². The molecule has 8 nitrogen and oxygen atoms in total. The molecule has 0 unspecified atom stereocenters. The van der Waals surface area contributed by atoms with Gasteiger partial charge in [-0.2, -0.15) is 0 Å². The quantitative estimate of drug-likeness (QED) is 0.707. The Hall–Kier alpha value is -3.49. The lowest BCUT2D eigenvalue weighted by atomic mass is 10.1. The number of H-pyrrole nitrogens is 1. The molecule has 0 spiro atoms. The van der Waals surface area contributed by atoms with Crippen LogP contribution >= 0.6 is 0 Å². The number of halogens is 1. The van der Waals surface area contributed by atoms with Crippen LogP contribution < -0.4 is 21.5 Å². The minimum absolute atomic E-state index is 0.0310. The van der Waals surface area contributed by atoms with Crippen LogP contribution in [-0.2, 0) is 7.05 Å². The topological polar surface area (TPSA) is 95.9 Å². The van der Waals surface area contributed by atoms with Crippen LogP contribution in [0.1, 0.15) is 6.42 Å². The average Bonchev–Trinajstić information content (AvgIpc) is 3.15. The number of aromatic nitrogens is 4. The predicted octanol–water partition coefficient (Wildman–Crippen LogP) is 1.36. The molecule has 2 N–H and O–H groups in total. The molecule has 3 aromatic rings. The highest BCUT2D eigenvalue weighted by atomic mass is 19.1. The number of benzene rings is 1. The molecule has 0 aliphatic carbocycles. The predicted molar refractivity (Wildman–Crippen MR) is 104 cm³/mol. The third-order valence-corrected chi connectivity index (χ3v) is 4.80. The van der Waals surface area contributed by atoms with Crippen LogP contribution in [0.4, 0.5) is 16.2 Å². The minimum atomic E-state index is -0.445. The molecule has 0 radical (unpaired) electrons. The van der Waals surface area contributed by atoms with Gasteiger partial charge in [0.15, 0.2) is 0 Å². The fourth-order valence-corrected chi connectivity index (χ4v) is 3.24. The fraction of sp³-hybridized carbons (Fsp3) is 0.263. The Morgan fingerprint density at radius 3 is 2.86 bits per heavy atom. The summed E-state index contributed by atoms with van der Waals surface area (Å²) in [6.07, 6.45) is 2.37. The number of anilines is 2. The zero-order valence-electron chi connectivity index (χ0n) is 15.2. The smallest absolute Gasteiger partial charge is 0.329 e. The number of hydrogen-bond acceptors (Lipinski definition) is 6. The van der Waals surface area contributed by atoms with Gasteiger partial charge in [-0.1, -0.05) is 12.1 Å². The Bertz CT molecular complexity index is 1090. The first-order valence-electron chi connectivity index (χ1n) is 8.91. The Morgan fingerprint density at radius 2 is 2.07 bits per heavy atom. The molecule has 3 heterocycles. The lowest BCUT2D eigenvalue weighted by Gasteiger charge is -2.18. The van der Waals surface area contributed by atoms with Crippen LogP contribution in [-0.4, -0.2) is 38.7 Å². The summed E-state index contributed by atoms with van der Waals surface area (Å²) in [6.45, 7) is 1.25. The van der Waals surface area contributed by atoms with Crippen LogP contribution in [0, 0.1) is 5.82 Å². The molecule has 4 rings (SSSR count). The molecular weight excluding hydrogens is 363 g/mol. The summed E-state index contributed by atoms with van der Waals surface area (Å²) in [5.74, 6) is 0.567. The lowest BCUT2D eigenvalue weighted by molar-refractivity contribution is 0.630. The van der Waals surface area contributed by atoms with Crippen molar-refractivity contribution in [3.05, 3.63) is 69.3 Å². The second-order valence-corrected chi connectivity index (χ2v) is 6.68. The highest BCUT2D eigenvalue weighted by Gasteiger charge is 2.24. The van der Waals surface area contributed by atoms with Crippen LogP contribution in [0.5, 0.6) is 0 Å². The number of nitrogens with zero attached hydrogens (tertiary/aromatic N) is 4. The second kappa shape index (κ2) is 7.26. The molecule has 9 heteroatoms. The van der Waals surface area contributed by atoms with Crippen LogP contribution in [0.3, 0.4) is 0 Å². The van der Waals surface area contributed by atoms with E-state index >= 15 is 0 Å². The summed E-state index contributed by atoms with van der Waals surface area (Å²) < 4.78 is 15.0. The molecule has 1 atom stereocenters. The van der Waals surface area contributed by atoms with E-state index in [2.05, 4.69) is 20.3 Å². The number of nitrogens with one attached hydrogen (secondary N) is 2. The monoisotopic (exact) mass is 382 g/mol. The Morgan fingerprint density at radius 1 is 1.25 bits per heavy atom. The maximum atomic E-state index is 14.0. The van der Waals surface area contributed by atoms with Crippen LogP contribution in [0.25, 0.3) is 11.3 Å². The molecule has 0 bridgehead atoms. The third-order valence-electron chi connectivity index (χ3n) is 4.80. The number of aromatic amines is 1. The van der Waals surface area contributed by atoms with Gasteiger partial charge in [0.2, 0.25) is 5.95 Å². The first-order valence-corrected chi connectivity index (χ1v) is 8.91. The summed E-state index contributed by atoms with van der Waals surface area (Å²) >= 11 is 0. The molecule has 1 aliphatic heterocycles. The third kappa shape index (κ3) is 3.51. The van der Waals surface area contributed by atoms with Crippen molar-refractivity contribution in [2.24, 2.45) is 7.05 Å². The fourth-order valence-electron chi connectivity index (χ4n) is 3.24. The number of hydrogen-bond donors (Lipinski definition) is 2. The van der Waals surface area contributed by atoms with E-state index in [4.69, 9.17) is 0 Å². The Balaban J connectivity index is 1.49. The van der Waals surface area contributed by atoms with Crippen molar-refractivity contribution in [2.45, 2.75) is 12.5 Å². The van der Waals surface area contributed by atoms with Crippen molar-refractivity contribution in [1.82, 2.24) is 19.5 Å². The zero-order chi connectivity index (χ0) is 19.7. The van der Waals surface area contributed by atoms with E-state index < -0.39 is 5.69 Å². The molecule has 1 saturated heterocycles.